The predicted octanol–water partition coefficient (Wildman–Crippen LogP) is 2.41. The molecule has 1 fully saturated rings. The number of hydrogen-bond acceptors (Lipinski definition) is 3. The molecule has 1 aliphatic heterocycles. The Bertz CT molecular complexity index is 556. The Balaban J connectivity index is 1.98. The van der Waals surface area contributed by atoms with Crippen molar-refractivity contribution in [2.45, 2.75) is 32.8 Å². The standard InChI is InChI=1S/C16H21BrN2O3/c1-11-8-13(17)5-6-15(11)19(12(2)20)10-16(21)18-9-14-4-3-7-22-14/h5-6,8,14H,3-4,7,9-10H2,1-2H3,(H,18,21). The van der Waals surface area contributed by atoms with Crippen molar-refractivity contribution in [3.63, 3.8) is 0 Å². The van der Waals surface area contributed by atoms with Crippen molar-refractivity contribution in [1.82, 2.24) is 5.32 Å². The quantitative estimate of drug-likeness (QED) is 0.867. The van der Waals surface area contributed by atoms with E-state index in [1.807, 2.05) is 25.1 Å². The first kappa shape index (κ1) is 17.0. The maximum absolute atomic E-state index is 12.1. The maximum Gasteiger partial charge on any atom is 0.240 e. The first-order chi connectivity index (χ1) is 10.5. The molecule has 0 spiro atoms. The van der Waals surface area contributed by atoms with E-state index in [4.69, 9.17) is 4.74 Å². The van der Waals surface area contributed by atoms with Crippen LogP contribution in [0.25, 0.3) is 0 Å². The van der Waals surface area contributed by atoms with Gasteiger partial charge >= 0.3 is 0 Å². The highest BCUT2D eigenvalue weighted by Crippen LogP contribution is 2.24. The number of rotatable bonds is 5. The first-order valence-corrected chi connectivity index (χ1v) is 8.19. The van der Waals surface area contributed by atoms with Gasteiger partial charge in [0.25, 0.3) is 0 Å². The van der Waals surface area contributed by atoms with Crippen LogP contribution in [0.4, 0.5) is 5.69 Å². The molecule has 1 aromatic rings. The third kappa shape index (κ3) is 4.55. The van der Waals surface area contributed by atoms with Gasteiger partial charge < -0.3 is 15.0 Å². The highest BCUT2D eigenvalue weighted by Gasteiger charge is 2.20. The number of amides is 2. The summed E-state index contributed by atoms with van der Waals surface area (Å²) in [6.07, 6.45) is 2.12. The van der Waals surface area contributed by atoms with E-state index in [0.29, 0.717) is 6.54 Å². The summed E-state index contributed by atoms with van der Waals surface area (Å²) in [5.74, 6) is -0.328. The molecule has 0 saturated carbocycles. The molecule has 120 valence electrons. The van der Waals surface area contributed by atoms with Gasteiger partial charge in [-0.15, -0.1) is 0 Å². The molecule has 0 aliphatic carbocycles. The number of anilines is 1. The molecule has 1 atom stereocenters. The fourth-order valence-electron chi connectivity index (χ4n) is 2.52. The van der Waals surface area contributed by atoms with Crippen LogP contribution in [-0.4, -0.2) is 37.6 Å². The Morgan fingerprint density at radius 1 is 1.45 bits per heavy atom. The topological polar surface area (TPSA) is 58.6 Å². The summed E-state index contributed by atoms with van der Waals surface area (Å²) in [6, 6.07) is 5.63. The molecule has 1 saturated heterocycles. The molecule has 1 unspecified atom stereocenters. The number of nitrogens with zero attached hydrogens (tertiary/aromatic N) is 1. The zero-order chi connectivity index (χ0) is 16.1. The minimum atomic E-state index is -0.173. The second-order valence-corrected chi connectivity index (χ2v) is 6.39. The second kappa shape index (κ2) is 7.74. The van der Waals surface area contributed by atoms with Crippen molar-refractivity contribution in [3.8, 4) is 0 Å². The number of carbonyl (C=O) groups is 2. The van der Waals surface area contributed by atoms with Gasteiger partial charge in [0, 0.05) is 30.2 Å². The van der Waals surface area contributed by atoms with Gasteiger partial charge in [0.2, 0.25) is 11.8 Å². The van der Waals surface area contributed by atoms with Crippen LogP contribution in [0.15, 0.2) is 22.7 Å². The minimum Gasteiger partial charge on any atom is -0.376 e. The molecule has 1 N–H and O–H groups in total. The normalized spacial score (nSPS) is 17.3. The molecule has 0 aromatic heterocycles. The summed E-state index contributed by atoms with van der Waals surface area (Å²) in [6.45, 7) is 4.67. The van der Waals surface area contributed by atoms with Gasteiger partial charge in [0.1, 0.15) is 6.54 Å². The maximum atomic E-state index is 12.1. The molecule has 1 aromatic carbocycles. The third-order valence-electron chi connectivity index (χ3n) is 3.68. The average Bonchev–Trinajstić information content (AvgIpc) is 2.96. The van der Waals surface area contributed by atoms with Gasteiger partial charge in [-0.2, -0.15) is 0 Å². The number of ether oxygens (including phenoxy) is 1. The molecule has 22 heavy (non-hydrogen) atoms. The van der Waals surface area contributed by atoms with E-state index in [1.54, 1.807) is 0 Å². The molecular formula is C16H21BrN2O3. The summed E-state index contributed by atoms with van der Waals surface area (Å²) in [4.78, 5) is 25.5. The van der Waals surface area contributed by atoms with Gasteiger partial charge in [-0.05, 0) is 43.5 Å². The Kier molecular flexibility index (Phi) is 5.97. The second-order valence-electron chi connectivity index (χ2n) is 5.48. The largest absolute Gasteiger partial charge is 0.376 e. The molecule has 2 amide bonds. The van der Waals surface area contributed by atoms with Gasteiger partial charge in [0.05, 0.1) is 6.10 Å². The lowest BCUT2D eigenvalue weighted by Crippen LogP contribution is -2.42. The van der Waals surface area contributed by atoms with Crippen molar-refractivity contribution >= 4 is 33.4 Å². The Morgan fingerprint density at radius 2 is 2.23 bits per heavy atom. The Hall–Kier alpha value is -1.40. The van der Waals surface area contributed by atoms with Crippen LogP contribution < -0.4 is 10.2 Å². The van der Waals surface area contributed by atoms with E-state index in [9.17, 15) is 9.59 Å². The van der Waals surface area contributed by atoms with Crippen molar-refractivity contribution in [3.05, 3.63) is 28.2 Å². The number of benzene rings is 1. The fourth-order valence-corrected chi connectivity index (χ4v) is 3.00. The summed E-state index contributed by atoms with van der Waals surface area (Å²) in [7, 11) is 0. The highest BCUT2D eigenvalue weighted by atomic mass is 79.9. The average molecular weight is 369 g/mol. The number of carbonyl (C=O) groups excluding carboxylic acids is 2. The smallest absolute Gasteiger partial charge is 0.240 e. The number of nitrogens with one attached hydrogen (secondary N) is 1. The van der Waals surface area contributed by atoms with Crippen LogP contribution in [0.2, 0.25) is 0 Å². The molecule has 5 nitrogen and oxygen atoms in total. The number of aryl methyl sites for hydroxylation is 1. The van der Waals surface area contributed by atoms with Gasteiger partial charge in [-0.3, -0.25) is 9.59 Å². The third-order valence-corrected chi connectivity index (χ3v) is 4.18. The zero-order valence-electron chi connectivity index (χ0n) is 12.9. The molecule has 0 radical (unpaired) electrons. The first-order valence-electron chi connectivity index (χ1n) is 7.40. The fraction of sp³-hybridized carbons (Fsp3) is 0.500. The SMILES string of the molecule is CC(=O)N(CC(=O)NCC1CCCO1)c1ccc(Br)cc1C. The highest BCUT2D eigenvalue weighted by molar-refractivity contribution is 9.10. The van der Waals surface area contributed by atoms with Gasteiger partial charge in [-0.25, -0.2) is 0 Å². The lowest BCUT2D eigenvalue weighted by molar-refractivity contribution is -0.123. The minimum absolute atomic E-state index is 0.0184. The van der Waals surface area contributed by atoms with E-state index in [-0.39, 0.29) is 24.5 Å². The van der Waals surface area contributed by atoms with Crippen molar-refractivity contribution < 1.29 is 14.3 Å². The van der Waals surface area contributed by atoms with Crippen molar-refractivity contribution in [2.24, 2.45) is 0 Å². The van der Waals surface area contributed by atoms with E-state index in [0.717, 1.165) is 35.2 Å². The van der Waals surface area contributed by atoms with E-state index in [2.05, 4.69) is 21.2 Å². The lowest BCUT2D eigenvalue weighted by Gasteiger charge is -2.23. The Labute approximate surface area is 139 Å². The predicted molar refractivity (Wildman–Crippen MR) is 88.9 cm³/mol. The number of hydrogen-bond donors (Lipinski definition) is 1. The van der Waals surface area contributed by atoms with Gasteiger partial charge in [-0.1, -0.05) is 15.9 Å². The monoisotopic (exact) mass is 368 g/mol. The summed E-state index contributed by atoms with van der Waals surface area (Å²) in [5, 5.41) is 2.84. The van der Waals surface area contributed by atoms with Crippen LogP contribution >= 0.6 is 15.9 Å². The zero-order valence-corrected chi connectivity index (χ0v) is 14.5. The van der Waals surface area contributed by atoms with Crippen LogP contribution in [0.5, 0.6) is 0 Å². The van der Waals surface area contributed by atoms with Gasteiger partial charge in [0.15, 0.2) is 0 Å². The molecule has 2 rings (SSSR count). The van der Waals surface area contributed by atoms with E-state index >= 15 is 0 Å². The lowest BCUT2D eigenvalue weighted by atomic mass is 10.1. The Morgan fingerprint density at radius 3 is 2.82 bits per heavy atom. The molecule has 0 bridgehead atoms. The van der Waals surface area contributed by atoms with E-state index in [1.165, 1.54) is 11.8 Å². The molecular weight excluding hydrogens is 348 g/mol. The van der Waals surface area contributed by atoms with Crippen molar-refractivity contribution in [1.29, 1.82) is 0 Å². The molecule has 6 heteroatoms. The van der Waals surface area contributed by atoms with Crippen LogP contribution in [-0.2, 0) is 14.3 Å². The van der Waals surface area contributed by atoms with E-state index < -0.39 is 0 Å². The van der Waals surface area contributed by atoms with Crippen LogP contribution in [0.3, 0.4) is 0 Å². The van der Waals surface area contributed by atoms with Crippen molar-refractivity contribution in [2.75, 3.05) is 24.6 Å². The number of halogens is 1. The molecule has 1 aliphatic rings. The summed E-state index contributed by atoms with van der Waals surface area (Å²) < 4.78 is 6.42. The summed E-state index contributed by atoms with van der Waals surface area (Å²) >= 11 is 3.40. The van der Waals surface area contributed by atoms with Crippen LogP contribution in [0.1, 0.15) is 25.3 Å². The summed E-state index contributed by atoms with van der Waals surface area (Å²) in [5.41, 5.74) is 1.69. The molecule has 1 heterocycles. The van der Waals surface area contributed by atoms with Crippen LogP contribution in [0, 0.1) is 6.92 Å².